The Balaban J connectivity index is 2.30. The zero-order valence-electron chi connectivity index (χ0n) is 11.7. The van der Waals surface area contributed by atoms with Crippen molar-refractivity contribution in [1.82, 2.24) is 4.72 Å². The van der Waals surface area contributed by atoms with Gasteiger partial charge in [0.2, 0.25) is 10.0 Å². The second-order valence-corrected chi connectivity index (χ2v) is 6.58. The first kappa shape index (κ1) is 15.1. The highest BCUT2D eigenvalue weighted by molar-refractivity contribution is 7.89. The molecule has 20 heavy (non-hydrogen) atoms. The molecule has 1 aliphatic heterocycles. The van der Waals surface area contributed by atoms with E-state index in [0.717, 1.165) is 18.4 Å². The van der Waals surface area contributed by atoms with Gasteiger partial charge in [-0.3, -0.25) is 0 Å². The summed E-state index contributed by atoms with van der Waals surface area (Å²) in [4.78, 5) is 0.0636. The van der Waals surface area contributed by atoms with Crippen LogP contribution >= 0.6 is 0 Å². The molecule has 3 N–H and O–H groups in total. The number of nitrogen functional groups attached to an aromatic ring is 1. The van der Waals surface area contributed by atoms with Crippen LogP contribution < -0.4 is 15.2 Å². The normalized spacial score (nSPS) is 19.8. The Hall–Kier alpha value is -1.31. The summed E-state index contributed by atoms with van der Waals surface area (Å²) in [6.45, 7) is 2.87. The van der Waals surface area contributed by atoms with Crippen LogP contribution in [-0.4, -0.2) is 34.8 Å². The molecule has 7 heteroatoms. The molecule has 0 bridgehead atoms. The summed E-state index contributed by atoms with van der Waals surface area (Å²) in [6, 6.07) is 2.85. The number of sulfonamides is 1. The molecular formula is C13H20N2O4S. The molecule has 1 aromatic carbocycles. The van der Waals surface area contributed by atoms with Gasteiger partial charge < -0.3 is 15.2 Å². The number of methoxy groups -OCH3 is 1. The Morgan fingerprint density at radius 2 is 2.20 bits per heavy atom. The van der Waals surface area contributed by atoms with Crippen molar-refractivity contribution in [2.45, 2.75) is 30.7 Å². The van der Waals surface area contributed by atoms with Crippen LogP contribution in [0, 0.1) is 6.92 Å². The first-order chi connectivity index (χ1) is 9.44. The molecule has 112 valence electrons. The van der Waals surface area contributed by atoms with E-state index in [4.69, 9.17) is 15.2 Å². The lowest BCUT2D eigenvalue weighted by atomic mass is 10.1. The van der Waals surface area contributed by atoms with Gasteiger partial charge in [-0.2, -0.15) is 0 Å². The zero-order chi connectivity index (χ0) is 14.8. The highest BCUT2D eigenvalue weighted by atomic mass is 32.2. The molecule has 1 fully saturated rings. The van der Waals surface area contributed by atoms with E-state index in [-0.39, 0.29) is 10.9 Å². The Morgan fingerprint density at radius 3 is 2.80 bits per heavy atom. The maximum atomic E-state index is 12.4. The fourth-order valence-corrected chi connectivity index (χ4v) is 3.60. The van der Waals surface area contributed by atoms with Gasteiger partial charge in [-0.05, 0) is 37.5 Å². The molecule has 0 spiro atoms. The Bertz CT molecular complexity index is 580. The number of anilines is 1. The van der Waals surface area contributed by atoms with E-state index in [1.165, 1.54) is 13.2 Å². The van der Waals surface area contributed by atoms with Crippen molar-refractivity contribution in [3.05, 3.63) is 17.7 Å². The molecule has 2 rings (SSSR count). The molecule has 0 amide bonds. The lowest BCUT2D eigenvalue weighted by Gasteiger charge is -2.23. The summed E-state index contributed by atoms with van der Waals surface area (Å²) in [7, 11) is -2.24. The number of aryl methyl sites for hydroxylation is 1. The number of rotatable bonds is 4. The van der Waals surface area contributed by atoms with E-state index < -0.39 is 10.0 Å². The van der Waals surface area contributed by atoms with E-state index >= 15 is 0 Å². The van der Waals surface area contributed by atoms with Crippen LogP contribution in [0.25, 0.3) is 0 Å². The summed E-state index contributed by atoms with van der Waals surface area (Å²) in [6.07, 6.45) is 1.61. The summed E-state index contributed by atoms with van der Waals surface area (Å²) < 4.78 is 38.0. The summed E-state index contributed by atoms with van der Waals surface area (Å²) >= 11 is 0. The van der Waals surface area contributed by atoms with Crippen LogP contribution in [0.1, 0.15) is 18.4 Å². The third kappa shape index (κ3) is 3.23. The number of nitrogens with one attached hydrogen (secondary N) is 1. The van der Waals surface area contributed by atoms with Gasteiger partial charge in [0, 0.05) is 18.3 Å². The van der Waals surface area contributed by atoms with Crippen LogP contribution in [0.15, 0.2) is 17.0 Å². The Morgan fingerprint density at radius 1 is 1.45 bits per heavy atom. The van der Waals surface area contributed by atoms with Gasteiger partial charge >= 0.3 is 0 Å². The van der Waals surface area contributed by atoms with Gasteiger partial charge in [-0.25, -0.2) is 13.1 Å². The number of hydrogen-bond donors (Lipinski definition) is 2. The van der Waals surface area contributed by atoms with Crippen molar-refractivity contribution in [3.8, 4) is 5.75 Å². The van der Waals surface area contributed by atoms with Crippen molar-refractivity contribution in [2.75, 3.05) is 26.1 Å². The van der Waals surface area contributed by atoms with E-state index in [9.17, 15) is 8.42 Å². The van der Waals surface area contributed by atoms with E-state index in [1.807, 2.05) is 0 Å². The predicted octanol–water partition coefficient (Wildman–Crippen LogP) is 1.04. The van der Waals surface area contributed by atoms with Crippen LogP contribution in [0.5, 0.6) is 5.75 Å². The summed E-state index contributed by atoms with van der Waals surface area (Å²) in [5, 5.41) is 0. The standard InChI is InChI=1S/C13H20N2O4S/c1-9-6-12(18-2)13(7-11(9)14)20(16,17)15-10-4-3-5-19-8-10/h6-7,10,15H,3-5,8,14H2,1-2H3. The minimum atomic E-state index is -3.68. The highest BCUT2D eigenvalue weighted by Crippen LogP contribution is 2.29. The smallest absolute Gasteiger partial charge is 0.244 e. The minimum absolute atomic E-state index is 0.0636. The largest absolute Gasteiger partial charge is 0.495 e. The third-order valence-corrected chi connectivity index (χ3v) is 4.87. The van der Waals surface area contributed by atoms with Crippen LogP contribution in [-0.2, 0) is 14.8 Å². The van der Waals surface area contributed by atoms with Gasteiger partial charge in [0.05, 0.1) is 13.7 Å². The summed E-state index contributed by atoms with van der Waals surface area (Å²) in [5.41, 5.74) is 7.00. The lowest BCUT2D eigenvalue weighted by molar-refractivity contribution is 0.0774. The Kier molecular flexibility index (Phi) is 4.52. The maximum Gasteiger partial charge on any atom is 0.244 e. The van der Waals surface area contributed by atoms with Gasteiger partial charge in [0.25, 0.3) is 0 Å². The number of ether oxygens (including phenoxy) is 2. The molecular weight excluding hydrogens is 280 g/mol. The molecule has 1 saturated heterocycles. The van der Waals surface area contributed by atoms with Crippen LogP contribution in [0.4, 0.5) is 5.69 Å². The van der Waals surface area contributed by atoms with Crippen molar-refractivity contribution < 1.29 is 17.9 Å². The molecule has 0 saturated carbocycles. The molecule has 1 aromatic rings. The van der Waals surface area contributed by atoms with Gasteiger partial charge in [-0.15, -0.1) is 0 Å². The molecule has 1 heterocycles. The first-order valence-electron chi connectivity index (χ1n) is 6.48. The van der Waals surface area contributed by atoms with E-state index in [2.05, 4.69) is 4.72 Å². The van der Waals surface area contributed by atoms with Gasteiger partial charge in [-0.1, -0.05) is 0 Å². The second-order valence-electron chi connectivity index (χ2n) is 4.90. The van der Waals surface area contributed by atoms with Crippen molar-refractivity contribution >= 4 is 15.7 Å². The van der Waals surface area contributed by atoms with Crippen LogP contribution in [0.2, 0.25) is 0 Å². The van der Waals surface area contributed by atoms with Crippen molar-refractivity contribution in [1.29, 1.82) is 0 Å². The minimum Gasteiger partial charge on any atom is -0.495 e. The first-order valence-corrected chi connectivity index (χ1v) is 7.96. The molecule has 1 unspecified atom stereocenters. The van der Waals surface area contributed by atoms with Gasteiger partial charge in [0.15, 0.2) is 0 Å². The third-order valence-electron chi connectivity index (χ3n) is 3.32. The van der Waals surface area contributed by atoms with Crippen molar-refractivity contribution in [3.63, 3.8) is 0 Å². The van der Waals surface area contributed by atoms with E-state index in [1.54, 1.807) is 13.0 Å². The molecule has 0 radical (unpaired) electrons. The van der Waals surface area contributed by atoms with Crippen LogP contribution in [0.3, 0.4) is 0 Å². The SMILES string of the molecule is COc1cc(C)c(N)cc1S(=O)(=O)NC1CCCOC1. The van der Waals surface area contributed by atoms with Crippen molar-refractivity contribution in [2.24, 2.45) is 0 Å². The molecule has 6 nitrogen and oxygen atoms in total. The molecule has 1 aliphatic rings. The average Bonchev–Trinajstić information content (AvgIpc) is 2.42. The number of hydrogen-bond acceptors (Lipinski definition) is 5. The van der Waals surface area contributed by atoms with Gasteiger partial charge in [0.1, 0.15) is 10.6 Å². The van der Waals surface area contributed by atoms with E-state index in [0.29, 0.717) is 24.7 Å². The molecule has 1 atom stereocenters. The lowest BCUT2D eigenvalue weighted by Crippen LogP contribution is -2.40. The number of benzene rings is 1. The highest BCUT2D eigenvalue weighted by Gasteiger charge is 2.25. The summed E-state index contributed by atoms with van der Waals surface area (Å²) in [5.74, 6) is 0.293. The average molecular weight is 300 g/mol. The maximum absolute atomic E-state index is 12.4. The fourth-order valence-electron chi connectivity index (χ4n) is 2.16. The zero-order valence-corrected chi connectivity index (χ0v) is 12.5. The Labute approximate surface area is 119 Å². The number of nitrogens with two attached hydrogens (primary N) is 1. The predicted molar refractivity (Wildman–Crippen MR) is 76.3 cm³/mol. The topological polar surface area (TPSA) is 90.7 Å². The molecule has 0 aromatic heterocycles. The quantitative estimate of drug-likeness (QED) is 0.811. The fraction of sp³-hybridized carbons (Fsp3) is 0.538. The monoisotopic (exact) mass is 300 g/mol. The molecule has 0 aliphatic carbocycles. The second kappa shape index (κ2) is 5.99.